The highest BCUT2D eigenvalue weighted by Gasteiger charge is 2.55. The van der Waals surface area contributed by atoms with Crippen molar-refractivity contribution in [3.8, 4) is 5.75 Å². The summed E-state index contributed by atoms with van der Waals surface area (Å²) >= 11 is 4.26. The van der Waals surface area contributed by atoms with Crippen LogP contribution >= 0.6 is 23.5 Å². The van der Waals surface area contributed by atoms with E-state index in [4.69, 9.17) is 4.74 Å². The zero-order valence-electron chi connectivity index (χ0n) is 10.6. The number of methoxy groups -OCH3 is 1. The van der Waals surface area contributed by atoms with Gasteiger partial charge in [0.2, 0.25) is 0 Å². The van der Waals surface area contributed by atoms with Crippen LogP contribution in [0.25, 0.3) is 0 Å². The molecule has 92 valence electrons. The van der Waals surface area contributed by atoms with Gasteiger partial charge in [0.1, 0.15) is 5.75 Å². The van der Waals surface area contributed by atoms with E-state index in [9.17, 15) is 0 Å². The molecule has 17 heavy (non-hydrogen) atoms. The summed E-state index contributed by atoms with van der Waals surface area (Å²) in [5.41, 5.74) is 3.36. The molecule has 1 aliphatic carbocycles. The van der Waals surface area contributed by atoms with Crippen molar-refractivity contribution < 1.29 is 4.74 Å². The molecule has 1 heterocycles. The minimum atomic E-state index is 0.261. The summed E-state index contributed by atoms with van der Waals surface area (Å²) in [6, 6.07) is 6.61. The predicted octanol–water partition coefficient (Wildman–Crippen LogP) is 3.91. The zero-order chi connectivity index (χ0) is 12.1. The van der Waals surface area contributed by atoms with E-state index in [1.165, 1.54) is 29.1 Å². The predicted molar refractivity (Wildman–Crippen MR) is 77.1 cm³/mol. The van der Waals surface area contributed by atoms with Crippen molar-refractivity contribution >= 4 is 23.5 Å². The van der Waals surface area contributed by atoms with Crippen LogP contribution in [0.4, 0.5) is 0 Å². The van der Waals surface area contributed by atoms with E-state index < -0.39 is 0 Å². The number of hydrogen-bond donors (Lipinski definition) is 0. The van der Waals surface area contributed by atoms with Gasteiger partial charge in [0.05, 0.1) is 11.2 Å². The molecule has 3 rings (SSSR count). The van der Waals surface area contributed by atoms with Crippen molar-refractivity contribution in [3.63, 3.8) is 0 Å². The normalized spacial score (nSPS) is 23.9. The highest BCUT2D eigenvalue weighted by Crippen LogP contribution is 2.67. The molecule has 2 aliphatic rings. The SMILES string of the molecule is COc1ccc2c(c1)C1(SCCS1)C(C)(C)C2. The largest absolute Gasteiger partial charge is 0.497 e. The fraction of sp³-hybridized carbons (Fsp3) is 0.571. The molecule has 0 N–H and O–H groups in total. The summed E-state index contributed by atoms with van der Waals surface area (Å²) in [6.45, 7) is 4.82. The highest BCUT2D eigenvalue weighted by molar-refractivity contribution is 8.20. The van der Waals surface area contributed by atoms with Crippen LogP contribution in [0.5, 0.6) is 5.75 Å². The van der Waals surface area contributed by atoms with Gasteiger partial charge >= 0.3 is 0 Å². The van der Waals surface area contributed by atoms with Gasteiger partial charge in [0, 0.05) is 11.5 Å². The van der Waals surface area contributed by atoms with Gasteiger partial charge in [-0.3, -0.25) is 0 Å². The number of fused-ring (bicyclic) bond motifs is 2. The molecule has 0 unspecified atom stereocenters. The van der Waals surface area contributed by atoms with Crippen LogP contribution in [0.2, 0.25) is 0 Å². The smallest absolute Gasteiger partial charge is 0.119 e. The second-order valence-corrected chi connectivity index (χ2v) is 8.27. The molecule has 0 saturated carbocycles. The molecule has 1 aromatic carbocycles. The standard InChI is InChI=1S/C14H18OS2/c1-13(2)9-10-4-5-11(15-3)8-12(10)14(13)16-6-7-17-14/h4-5,8H,6-7,9H2,1-3H3. The average Bonchev–Trinajstić information content (AvgIpc) is 2.86. The van der Waals surface area contributed by atoms with Crippen molar-refractivity contribution in [1.82, 2.24) is 0 Å². The molecule has 0 atom stereocenters. The lowest BCUT2D eigenvalue weighted by molar-refractivity contribution is 0.360. The second kappa shape index (κ2) is 3.86. The average molecular weight is 266 g/mol. The molecule has 3 heteroatoms. The summed E-state index contributed by atoms with van der Waals surface area (Å²) in [5, 5.41) is 0. The topological polar surface area (TPSA) is 9.23 Å². The van der Waals surface area contributed by atoms with Gasteiger partial charge in [-0.05, 0) is 35.1 Å². The van der Waals surface area contributed by atoms with E-state index in [2.05, 4.69) is 55.6 Å². The molecule has 0 aromatic heterocycles. The quantitative estimate of drug-likeness (QED) is 0.762. The van der Waals surface area contributed by atoms with Crippen molar-refractivity contribution in [1.29, 1.82) is 0 Å². The number of benzene rings is 1. The maximum absolute atomic E-state index is 5.39. The third kappa shape index (κ3) is 1.55. The summed E-state index contributed by atoms with van der Waals surface area (Å²) < 4.78 is 5.65. The van der Waals surface area contributed by atoms with Crippen molar-refractivity contribution in [3.05, 3.63) is 29.3 Å². The van der Waals surface area contributed by atoms with Gasteiger partial charge in [0.15, 0.2) is 0 Å². The summed E-state index contributed by atoms with van der Waals surface area (Å²) in [7, 11) is 1.75. The molecule has 0 bridgehead atoms. The molecule has 1 fully saturated rings. The molecule has 1 nitrogen and oxygen atoms in total. The van der Waals surface area contributed by atoms with Crippen LogP contribution in [0.1, 0.15) is 25.0 Å². The molecular weight excluding hydrogens is 248 g/mol. The molecule has 1 spiro atoms. The number of ether oxygens (including phenoxy) is 1. The zero-order valence-corrected chi connectivity index (χ0v) is 12.2. The lowest BCUT2D eigenvalue weighted by Gasteiger charge is -2.37. The van der Waals surface area contributed by atoms with Crippen LogP contribution < -0.4 is 4.74 Å². The van der Waals surface area contributed by atoms with Gasteiger partial charge in [-0.2, -0.15) is 0 Å². The maximum atomic E-state index is 5.39. The second-order valence-electron chi connectivity index (χ2n) is 5.40. The van der Waals surface area contributed by atoms with E-state index in [1.54, 1.807) is 7.11 Å². The molecular formula is C14H18OS2. The molecule has 1 saturated heterocycles. The molecule has 0 radical (unpaired) electrons. The summed E-state index contributed by atoms with van der Waals surface area (Å²) in [5.74, 6) is 3.53. The van der Waals surface area contributed by atoms with E-state index in [0.717, 1.165) is 5.75 Å². The van der Waals surface area contributed by atoms with Gasteiger partial charge < -0.3 is 4.74 Å². The Bertz CT molecular complexity index is 448. The minimum Gasteiger partial charge on any atom is -0.497 e. The highest BCUT2D eigenvalue weighted by atomic mass is 32.2. The van der Waals surface area contributed by atoms with E-state index in [-0.39, 0.29) is 4.08 Å². The van der Waals surface area contributed by atoms with Crippen LogP contribution in [0.15, 0.2) is 18.2 Å². The van der Waals surface area contributed by atoms with E-state index in [1.807, 2.05) is 0 Å². The third-order valence-electron chi connectivity index (χ3n) is 3.89. The Balaban J connectivity index is 2.16. The van der Waals surface area contributed by atoms with Gasteiger partial charge in [0.25, 0.3) is 0 Å². The van der Waals surface area contributed by atoms with Gasteiger partial charge in [-0.25, -0.2) is 0 Å². The first-order valence-corrected chi connectivity index (χ1v) is 8.01. The first kappa shape index (κ1) is 11.8. The summed E-state index contributed by atoms with van der Waals surface area (Å²) in [4.78, 5) is 0. The lowest BCUT2D eigenvalue weighted by Crippen LogP contribution is -2.30. The number of rotatable bonds is 1. The number of hydrogen-bond acceptors (Lipinski definition) is 3. The Labute approximate surface area is 112 Å². The molecule has 1 aromatic rings. The fourth-order valence-corrected chi connectivity index (χ4v) is 6.75. The maximum Gasteiger partial charge on any atom is 0.119 e. The molecule has 0 amide bonds. The van der Waals surface area contributed by atoms with Crippen LogP contribution in [-0.2, 0) is 10.5 Å². The number of thioether (sulfide) groups is 2. The Morgan fingerprint density at radius 3 is 2.53 bits per heavy atom. The van der Waals surface area contributed by atoms with Crippen molar-refractivity contribution in [2.75, 3.05) is 18.6 Å². The Hall–Kier alpha value is -0.280. The van der Waals surface area contributed by atoms with Crippen molar-refractivity contribution in [2.24, 2.45) is 5.41 Å². The lowest BCUT2D eigenvalue weighted by atomic mass is 9.89. The van der Waals surface area contributed by atoms with E-state index >= 15 is 0 Å². The molecule has 1 aliphatic heterocycles. The minimum absolute atomic E-state index is 0.261. The summed E-state index contributed by atoms with van der Waals surface area (Å²) in [6.07, 6.45) is 1.19. The fourth-order valence-electron chi connectivity index (χ4n) is 3.06. The monoisotopic (exact) mass is 266 g/mol. The Kier molecular flexibility index (Phi) is 2.67. The Morgan fingerprint density at radius 1 is 1.18 bits per heavy atom. The van der Waals surface area contributed by atoms with Crippen LogP contribution in [0, 0.1) is 5.41 Å². The van der Waals surface area contributed by atoms with Gasteiger partial charge in [-0.1, -0.05) is 19.9 Å². The first-order chi connectivity index (χ1) is 8.09. The van der Waals surface area contributed by atoms with Crippen LogP contribution in [-0.4, -0.2) is 18.6 Å². The van der Waals surface area contributed by atoms with Crippen molar-refractivity contribution in [2.45, 2.75) is 24.3 Å². The third-order valence-corrected chi connectivity index (χ3v) is 8.03. The Morgan fingerprint density at radius 2 is 1.88 bits per heavy atom. The van der Waals surface area contributed by atoms with E-state index in [0.29, 0.717) is 5.41 Å². The van der Waals surface area contributed by atoms with Gasteiger partial charge in [-0.15, -0.1) is 23.5 Å². The first-order valence-electron chi connectivity index (χ1n) is 6.04. The van der Waals surface area contributed by atoms with Crippen LogP contribution in [0.3, 0.4) is 0 Å².